The lowest BCUT2D eigenvalue weighted by Crippen LogP contribution is -2.01. The molecule has 0 N–H and O–H groups in total. The van der Waals surface area contributed by atoms with Crippen molar-refractivity contribution >= 4 is 23.4 Å². The number of thioether (sulfide) groups is 1. The molecule has 0 amide bonds. The average Bonchev–Trinajstić information content (AvgIpc) is 3.02. The molecule has 0 aliphatic rings. The second-order valence-electron chi connectivity index (χ2n) is 4.48. The van der Waals surface area contributed by atoms with E-state index < -0.39 is 0 Å². The number of aromatic nitrogens is 2. The number of ether oxygens (including phenoxy) is 1. The number of halogens is 2. The van der Waals surface area contributed by atoms with E-state index in [4.69, 9.17) is 20.8 Å². The van der Waals surface area contributed by atoms with E-state index in [0.717, 1.165) is 0 Å². The molecule has 7 heteroatoms. The molecular formula is C16H12ClFN2O2S. The summed E-state index contributed by atoms with van der Waals surface area (Å²) in [7, 11) is 0. The van der Waals surface area contributed by atoms with Crippen molar-refractivity contribution in [2.75, 3.05) is 12.4 Å². The summed E-state index contributed by atoms with van der Waals surface area (Å²) in [4.78, 5) is 0. The molecule has 0 saturated heterocycles. The van der Waals surface area contributed by atoms with Crippen LogP contribution >= 0.6 is 23.4 Å². The molecule has 3 rings (SSSR count). The maximum absolute atomic E-state index is 13.4. The van der Waals surface area contributed by atoms with Crippen LogP contribution in [0.1, 0.15) is 0 Å². The van der Waals surface area contributed by atoms with Gasteiger partial charge in [0.05, 0.1) is 17.2 Å². The number of para-hydroxylation sites is 1. The first kappa shape index (κ1) is 15.8. The standard InChI is InChI=1S/C16H12ClFN2O2S/c17-12-6-2-1-5-11(12)15-19-20-16(22-15)23-10-9-21-14-8-4-3-7-13(14)18/h1-8H,9-10H2. The molecule has 0 radical (unpaired) electrons. The van der Waals surface area contributed by atoms with Crippen LogP contribution in [0.4, 0.5) is 4.39 Å². The van der Waals surface area contributed by atoms with Crippen LogP contribution in [-0.2, 0) is 0 Å². The Bertz CT molecular complexity index is 797. The Morgan fingerprint density at radius 2 is 1.87 bits per heavy atom. The molecule has 1 heterocycles. The summed E-state index contributed by atoms with van der Waals surface area (Å²) in [6, 6.07) is 13.5. The van der Waals surface area contributed by atoms with E-state index in [-0.39, 0.29) is 11.6 Å². The van der Waals surface area contributed by atoms with E-state index in [0.29, 0.717) is 34.1 Å². The first-order valence-electron chi connectivity index (χ1n) is 6.82. The van der Waals surface area contributed by atoms with E-state index >= 15 is 0 Å². The molecule has 2 aromatic carbocycles. The molecule has 0 spiro atoms. The first-order valence-corrected chi connectivity index (χ1v) is 8.19. The maximum atomic E-state index is 13.4. The summed E-state index contributed by atoms with van der Waals surface area (Å²) in [5.74, 6) is 0.776. The predicted octanol–water partition coefficient (Wildman–Crippen LogP) is 4.70. The average molecular weight is 351 g/mol. The number of hydrogen-bond acceptors (Lipinski definition) is 5. The maximum Gasteiger partial charge on any atom is 0.276 e. The van der Waals surface area contributed by atoms with Crippen molar-refractivity contribution < 1.29 is 13.5 Å². The lowest BCUT2D eigenvalue weighted by atomic mass is 10.2. The Labute approximate surface area is 141 Å². The fourth-order valence-corrected chi connectivity index (χ4v) is 2.65. The molecule has 0 bridgehead atoms. The highest BCUT2D eigenvalue weighted by Gasteiger charge is 2.11. The van der Waals surface area contributed by atoms with Gasteiger partial charge in [0.25, 0.3) is 5.22 Å². The Kier molecular flexibility index (Phi) is 5.15. The summed E-state index contributed by atoms with van der Waals surface area (Å²) >= 11 is 7.42. The molecule has 0 saturated carbocycles. The lowest BCUT2D eigenvalue weighted by molar-refractivity contribution is 0.324. The Morgan fingerprint density at radius 3 is 2.70 bits per heavy atom. The van der Waals surface area contributed by atoms with Gasteiger partial charge in [-0.3, -0.25) is 0 Å². The fraction of sp³-hybridized carbons (Fsp3) is 0.125. The minimum Gasteiger partial charge on any atom is -0.490 e. The molecule has 0 fully saturated rings. The molecule has 0 aliphatic heterocycles. The summed E-state index contributed by atoms with van der Waals surface area (Å²) in [6.45, 7) is 0.329. The van der Waals surface area contributed by atoms with Gasteiger partial charge in [-0.25, -0.2) is 4.39 Å². The highest BCUT2D eigenvalue weighted by Crippen LogP contribution is 2.28. The van der Waals surface area contributed by atoms with Gasteiger partial charge >= 0.3 is 0 Å². The largest absolute Gasteiger partial charge is 0.490 e. The van der Waals surface area contributed by atoms with Crippen LogP contribution in [0.25, 0.3) is 11.5 Å². The van der Waals surface area contributed by atoms with Crippen molar-refractivity contribution in [2.45, 2.75) is 5.22 Å². The topological polar surface area (TPSA) is 48.2 Å². The van der Waals surface area contributed by atoms with Gasteiger partial charge in [0.15, 0.2) is 11.6 Å². The molecule has 3 aromatic rings. The fourth-order valence-electron chi connectivity index (χ4n) is 1.85. The van der Waals surface area contributed by atoms with Crippen LogP contribution in [0.5, 0.6) is 5.75 Å². The Balaban J connectivity index is 1.54. The molecule has 0 aliphatic carbocycles. The molecule has 0 atom stereocenters. The van der Waals surface area contributed by atoms with Gasteiger partial charge in [-0.05, 0) is 24.3 Å². The van der Waals surface area contributed by atoms with Crippen LogP contribution in [0, 0.1) is 5.82 Å². The van der Waals surface area contributed by atoms with E-state index in [1.165, 1.54) is 17.8 Å². The molecule has 23 heavy (non-hydrogen) atoms. The highest BCUT2D eigenvalue weighted by atomic mass is 35.5. The monoisotopic (exact) mass is 350 g/mol. The number of benzene rings is 2. The molecular weight excluding hydrogens is 339 g/mol. The first-order chi connectivity index (χ1) is 11.2. The second-order valence-corrected chi connectivity index (χ2v) is 5.93. The molecule has 0 unspecified atom stereocenters. The summed E-state index contributed by atoms with van der Waals surface area (Å²) < 4.78 is 24.3. The van der Waals surface area contributed by atoms with Crippen molar-refractivity contribution in [3.63, 3.8) is 0 Å². The second kappa shape index (κ2) is 7.48. The summed E-state index contributed by atoms with van der Waals surface area (Å²) in [6.07, 6.45) is 0. The molecule has 4 nitrogen and oxygen atoms in total. The normalized spacial score (nSPS) is 10.7. The van der Waals surface area contributed by atoms with Crippen molar-refractivity contribution in [3.8, 4) is 17.2 Å². The Hall–Kier alpha value is -2.05. The minimum absolute atomic E-state index is 0.232. The number of nitrogens with zero attached hydrogens (tertiary/aromatic N) is 2. The lowest BCUT2D eigenvalue weighted by Gasteiger charge is -2.05. The highest BCUT2D eigenvalue weighted by molar-refractivity contribution is 7.99. The van der Waals surface area contributed by atoms with Crippen LogP contribution in [0.2, 0.25) is 5.02 Å². The minimum atomic E-state index is -0.378. The summed E-state index contributed by atoms with van der Waals surface area (Å²) in [5.41, 5.74) is 0.691. The Morgan fingerprint density at radius 1 is 1.09 bits per heavy atom. The third-order valence-electron chi connectivity index (χ3n) is 2.91. The third kappa shape index (κ3) is 4.03. The van der Waals surface area contributed by atoms with Gasteiger partial charge in [0, 0.05) is 5.75 Å². The van der Waals surface area contributed by atoms with Gasteiger partial charge in [-0.15, -0.1) is 10.2 Å². The van der Waals surface area contributed by atoms with Gasteiger partial charge in [-0.2, -0.15) is 0 Å². The number of hydrogen-bond donors (Lipinski definition) is 0. The van der Waals surface area contributed by atoms with Gasteiger partial charge in [0.1, 0.15) is 0 Å². The van der Waals surface area contributed by atoms with Crippen molar-refractivity contribution in [3.05, 3.63) is 59.4 Å². The van der Waals surface area contributed by atoms with Gasteiger partial charge in [0.2, 0.25) is 5.89 Å². The van der Waals surface area contributed by atoms with Crippen LogP contribution in [-0.4, -0.2) is 22.6 Å². The van der Waals surface area contributed by atoms with Crippen molar-refractivity contribution in [2.24, 2.45) is 0 Å². The van der Waals surface area contributed by atoms with E-state index in [9.17, 15) is 4.39 Å². The van der Waals surface area contributed by atoms with Crippen LogP contribution in [0.15, 0.2) is 58.2 Å². The predicted molar refractivity (Wildman–Crippen MR) is 87.4 cm³/mol. The molecule has 1 aromatic heterocycles. The van der Waals surface area contributed by atoms with Gasteiger partial charge in [-0.1, -0.05) is 47.6 Å². The number of rotatable bonds is 6. The van der Waals surface area contributed by atoms with Gasteiger partial charge < -0.3 is 9.15 Å². The van der Waals surface area contributed by atoms with Crippen LogP contribution < -0.4 is 4.74 Å². The van der Waals surface area contributed by atoms with Crippen LogP contribution in [0.3, 0.4) is 0 Å². The smallest absolute Gasteiger partial charge is 0.276 e. The zero-order valence-corrected chi connectivity index (χ0v) is 13.5. The van der Waals surface area contributed by atoms with Crippen molar-refractivity contribution in [1.82, 2.24) is 10.2 Å². The van der Waals surface area contributed by atoms with E-state index in [1.54, 1.807) is 24.3 Å². The van der Waals surface area contributed by atoms with Crippen molar-refractivity contribution in [1.29, 1.82) is 0 Å². The van der Waals surface area contributed by atoms with E-state index in [2.05, 4.69) is 10.2 Å². The SMILES string of the molecule is Fc1ccccc1OCCSc1nnc(-c2ccccc2Cl)o1. The molecule has 118 valence electrons. The third-order valence-corrected chi connectivity index (χ3v) is 4.03. The zero-order valence-electron chi connectivity index (χ0n) is 11.9. The zero-order chi connectivity index (χ0) is 16.1. The quantitative estimate of drug-likeness (QED) is 0.476. The summed E-state index contributed by atoms with van der Waals surface area (Å²) in [5, 5.41) is 8.89. The van der Waals surface area contributed by atoms with E-state index in [1.807, 2.05) is 18.2 Å².